The smallest absolute Gasteiger partial charge is 0.158 e. The summed E-state index contributed by atoms with van der Waals surface area (Å²) in [6, 6.07) is 1.97. The highest BCUT2D eigenvalue weighted by Gasteiger charge is 2.18. The lowest BCUT2D eigenvalue weighted by Gasteiger charge is -2.07. The van der Waals surface area contributed by atoms with Crippen molar-refractivity contribution >= 4 is 22.8 Å². The van der Waals surface area contributed by atoms with E-state index in [1.807, 2.05) is 17.8 Å². The third kappa shape index (κ3) is 2.12. The van der Waals surface area contributed by atoms with Gasteiger partial charge in [0.2, 0.25) is 0 Å². The number of nitrogens with zero attached hydrogens (tertiary/aromatic N) is 4. The average molecular weight is 293 g/mol. The van der Waals surface area contributed by atoms with Crippen LogP contribution in [0.1, 0.15) is 24.0 Å². The summed E-state index contributed by atoms with van der Waals surface area (Å²) in [4.78, 5) is 4.74. The molecule has 3 rings (SSSR count). The van der Waals surface area contributed by atoms with Crippen LogP contribution < -0.4 is 0 Å². The van der Waals surface area contributed by atoms with Gasteiger partial charge in [-0.15, -0.1) is 11.6 Å². The van der Waals surface area contributed by atoms with Crippen LogP contribution in [-0.2, 0) is 26.4 Å². The molecule has 0 radical (unpaired) electrons. The topological polar surface area (TPSA) is 48.8 Å². The molecular weight excluding hydrogens is 276 g/mol. The minimum atomic E-state index is 0.559. The molecule has 0 aromatic carbocycles. The van der Waals surface area contributed by atoms with Gasteiger partial charge < -0.3 is 8.98 Å². The summed E-state index contributed by atoms with van der Waals surface area (Å²) in [5.41, 5.74) is 4.17. The van der Waals surface area contributed by atoms with Gasteiger partial charge in [0.1, 0.15) is 11.3 Å². The zero-order chi connectivity index (χ0) is 14.1. The van der Waals surface area contributed by atoms with E-state index < -0.39 is 0 Å². The molecule has 0 spiro atoms. The molecule has 3 heterocycles. The fourth-order valence-corrected chi connectivity index (χ4v) is 2.70. The van der Waals surface area contributed by atoms with Gasteiger partial charge in [-0.3, -0.25) is 4.68 Å². The van der Waals surface area contributed by atoms with E-state index >= 15 is 0 Å². The lowest BCUT2D eigenvalue weighted by molar-refractivity contribution is 0.561. The van der Waals surface area contributed by atoms with Crippen molar-refractivity contribution in [2.24, 2.45) is 7.05 Å². The van der Waals surface area contributed by atoms with Gasteiger partial charge in [-0.2, -0.15) is 5.10 Å². The number of aromatic nitrogens is 4. The van der Waals surface area contributed by atoms with Crippen molar-refractivity contribution in [1.82, 2.24) is 19.3 Å². The molecule has 3 aromatic rings. The first-order chi connectivity index (χ1) is 9.74. The summed E-state index contributed by atoms with van der Waals surface area (Å²) in [5, 5.41) is 4.54. The van der Waals surface area contributed by atoms with E-state index in [1.165, 1.54) is 0 Å². The highest BCUT2D eigenvalue weighted by Crippen LogP contribution is 2.22. The van der Waals surface area contributed by atoms with Crippen LogP contribution in [0.5, 0.6) is 0 Å². The first-order valence-corrected chi connectivity index (χ1v) is 7.26. The molecule has 0 bridgehead atoms. The Balaban J connectivity index is 2.15. The monoisotopic (exact) mass is 292 g/mol. The lowest BCUT2D eigenvalue weighted by Crippen LogP contribution is -2.08. The van der Waals surface area contributed by atoms with Crippen molar-refractivity contribution in [3.63, 3.8) is 0 Å². The summed E-state index contributed by atoms with van der Waals surface area (Å²) in [6.45, 7) is 2.82. The van der Waals surface area contributed by atoms with Crippen molar-refractivity contribution in [1.29, 1.82) is 0 Å². The summed E-state index contributed by atoms with van der Waals surface area (Å²) >= 11 is 5.90. The van der Waals surface area contributed by atoms with Crippen LogP contribution in [-0.4, -0.2) is 25.2 Å². The zero-order valence-corrected chi connectivity index (χ0v) is 12.4. The van der Waals surface area contributed by atoms with Crippen LogP contribution in [0.15, 0.2) is 23.0 Å². The highest BCUT2D eigenvalue weighted by atomic mass is 35.5. The largest absolute Gasteiger partial charge is 0.472 e. The molecule has 0 amide bonds. The number of fused-ring (bicyclic) bond motifs is 1. The Hall–Kier alpha value is -1.75. The predicted octanol–water partition coefficient (Wildman–Crippen LogP) is 2.75. The highest BCUT2D eigenvalue weighted by molar-refractivity contribution is 6.17. The quantitative estimate of drug-likeness (QED) is 0.679. The van der Waals surface area contributed by atoms with Gasteiger partial charge in [0.15, 0.2) is 5.65 Å². The fraction of sp³-hybridized carbons (Fsp3) is 0.429. The maximum absolute atomic E-state index is 5.90. The molecule has 6 heteroatoms. The van der Waals surface area contributed by atoms with Crippen molar-refractivity contribution in [3.8, 4) is 0 Å². The van der Waals surface area contributed by atoms with Crippen LogP contribution >= 0.6 is 11.6 Å². The van der Waals surface area contributed by atoms with Crippen LogP contribution in [0.2, 0.25) is 0 Å². The molecule has 0 aliphatic rings. The lowest BCUT2D eigenvalue weighted by atomic mass is 10.3. The maximum atomic E-state index is 5.90. The first-order valence-electron chi connectivity index (χ1n) is 6.72. The van der Waals surface area contributed by atoms with Gasteiger partial charge in [-0.1, -0.05) is 6.92 Å². The molecule has 0 saturated carbocycles. The molecule has 0 unspecified atom stereocenters. The molecule has 20 heavy (non-hydrogen) atoms. The van der Waals surface area contributed by atoms with E-state index in [1.54, 1.807) is 12.5 Å². The van der Waals surface area contributed by atoms with Crippen molar-refractivity contribution in [2.75, 3.05) is 5.88 Å². The van der Waals surface area contributed by atoms with Gasteiger partial charge in [0.25, 0.3) is 0 Å². The third-order valence-electron chi connectivity index (χ3n) is 3.44. The van der Waals surface area contributed by atoms with E-state index in [0.717, 1.165) is 47.6 Å². The Morgan fingerprint density at radius 3 is 2.90 bits per heavy atom. The molecular formula is C14H17ClN4O. The molecule has 0 N–H and O–H groups in total. The molecule has 0 saturated heterocycles. The van der Waals surface area contributed by atoms with E-state index in [4.69, 9.17) is 21.0 Å². The number of halogens is 1. The van der Waals surface area contributed by atoms with Crippen LogP contribution in [0.4, 0.5) is 0 Å². The number of furan rings is 1. The number of imidazole rings is 1. The first kappa shape index (κ1) is 13.2. The summed E-state index contributed by atoms with van der Waals surface area (Å²) < 4.78 is 9.23. The average Bonchev–Trinajstić information content (AvgIpc) is 3.11. The minimum Gasteiger partial charge on any atom is -0.472 e. The Kier molecular flexibility index (Phi) is 3.53. The van der Waals surface area contributed by atoms with Crippen molar-refractivity contribution in [3.05, 3.63) is 35.7 Å². The van der Waals surface area contributed by atoms with Gasteiger partial charge in [0, 0.05) is 24.9 Å². The van der Waals surface area contributed by atoms with E-state index in [-0.39, 0.29) is 0 Å². The summed E-state index contributed by atoms with van der Waals surface area (Å²) in [6.07, 6.45) is 5.07. The second-order valence-corrected chi connectivity index (χ2v) is 5.16. The number of hydrogen-bond donors (Lipinski definition) is 0. The van der Waals surface area contributed by atoms with Gasteiger partial charge in [-0.25, -0.2) is 4.98 Å². The molecule has 0 aliphatic heterocycles. The molecule has 3 aromatic heterocycles. The molecule has 0 aliphatic carbocycles. The number of alkyl halides is 1. The molecule has 0 atom stereocenters. The fourth-order valence-electron chi connectivity index (χ4n) is 2.53. The number of hydrogen-bond acceptors (Lipinski definition) is 3. The summed E-state index contributed by atoms with van der Waals surface area (Å²) in [5.74, 6) is 1.56. The maximum Gasteiger partial charge on any atom is 0.158 e. The number of aryl methyl sites for hydroxylation is 3. The van der Waals surface area contributed by atoms with Crippen LogP contribution in [0.3, 0.4) is 0 Å². The SMILES string of the molecule is CCc1nn(C)c2c1nc(CCCl)n2Cc1ccoc1. The van der Waals surface area contributed by atoms with Gasteiger partial charge in [-0.05, 0) is 12.5 Å². The Bertz CT molecular complexity index is 711. The second-order valence-electron chi connectivity index (χ2n) is 4.78. The van der Waals surface area contributed by atoms with E-state index in [9.17, 15) is 0 Å². The molecule has 0 fully saturated rings. The Labute approximate surface area is 122 Å². The minimum absolute atomic E-state index is 0.559. The van der Waals surface area contributed by atoms with Gasteiger partial charge >= 0.3 is 0 Å². The standard InChI is InChI=1S/C14H17ClN4O/c1-3-11-13-14(18(2)17-11)19(12(16-13)4-6-15)8-10-5-7-20-9-10/h5,7,9H,3-4,6,8H2,1-2H3. The van der Waals surface area contributed by atoms with Crippen LogP contribution in [0, 0.1) is 0 Å². The van der Waals surface area contributed by atoms with E-state index in [0.29, 0.717) is 5.88 Å². The third-order valence-corrected chi connectivity index (χ3v) is 3.63. The summed E-state index contributed by atoms with van der Waals surface area (Å²) in [7, 11) is 1.96. The molecule has 5 nitrogen and oxygen atoms in total. The normalized spacial score (nSPS) is 11.6. The Morgan fingerprint density at radius 1 is 1.40 bits per heavy atom. The second kappa shape index (κ2) is 5.32. The van der Waals surface area contributed by atoms with Gasteiger partial charge in [0.05, 0.1) is 24.8 Å². The molecule has 106 valence electrons. The van der Waals surface area contributed by atoms with Crippen molar-refractivity contribution in [2.45, 2.75) is 26.3 Å². The van der Waals surface area contributed by atoms with Crippen molar-refractivity contribution < 1.29 is 4.42 Å². The zero-order valence-electron chi connectivity index (χ0n) is 11.6. The predicted molar refractivity (Wildman–Crippen MR) is 78.1 cm³/mol. The number of rotatable bonds is 5. The Morgan fingerprint density at radius 2 is 2.25 bits per heavy atom. The van der Waals surface area contributed by atoms with E-state index in [2.05, 4.69) is 16.6 Å². The van der Waals surface area contributed by atoms with Crippen LogP contribution in [0.25, 0.3) is 11.2 Å².